The van der Waals surface area contributed by atoms with Crippen molar-refractivity contribution in [3.8, 4) is 0 Å². The molecule has 0 radical (unpaired) electrons. The minimum Gasteiger partial charge on any atom is -0.459 e. The van der Waals surface area contributed by atoms with Gasteiger partial charge in [-0.2, -0.15) is 0 Å². The molecule has 0 aromatic carbocycles. The topological polar surface area (TPSA) is 67.8 Å². The second-order valence-corrected chi connectivity index (χ2v) is 8.13. The van der Waals surface area contributed by atoms with Crippen LogP contribution in [0, 0.1) is 11.8 Å². The summed E-state index contributed by atoms with van der Waals surface area (Å²) in [6, 6.07) is 0.297. The number of carbonyl (C=O) groups excluding carboxylic acids is 1. The molecule has 0 aromatic heterocycles. The smallest absolute Gasteiger partial charge is 0.286 e. The average Bonchev–Trinajstić information content (AvgIpc) is 3.19. The van der Waals surface area contributed by atoms with E-state index in [2.05, 4.69) is 11.4 Å². The molecule has 2 N–H and O–H groups in total. The maximum absolute atomic E-state index is 12.7. The van der Waals surface area contributed by atoms with Crippen molar-refractivity contribution in [1.29, 1.82) is 0 Å². The Kier molecular flexibility index (Phi) is 7.81. The summed E-state index contributed by atoms with van der Waals surface area (Å²) in [6.07, 6.45) is 15.1. The normalized spacial score (nSPS) is 27.8. The number of unbranched alkanes of at least 4 members (excludes halogenated alkanes) is 1. The van der Waals surface area contributed by atoms with Crippen molar-refractivity contribution in [2.75, 3.05) is 13.2 Å². The molecule has 5 heteroatoms. The van der Waals surface area contributed by atoms with E-state index in [0.717, 1.165) is 32.1 Å². The van der Waals surface area contributed by atoms with Gasteiger partial charge in [0.25, 0.3) is 5.91 Å². The quantitative estimate of drug-likeness (QED) is 0.644. The van der Waals surface area contributed by atoms with Crippen molar-refractivity contribution >= 4 is 5.91 Å². The first-order chi connectivity index (χ1) is 12.8. The summed E-state index contributed by atoms with van der Waals surface area (Å²) in [5.74, 6) is 1.41. The standard InChI is InChI=1S/C21H35NO4/c23-12-6-7-13-25-20-15-17(16-8-2-1-3-9-16)14-19(26-20)21(24)22-18-10-4-5-11-18/h14,16-18,20,23H,1-13,15H2,(H,22,24)/t17-,20+/m1/s1. The molecule has 3 rings (SSSR count). The summed E-state index contributed by atoms with van der Waals surface area (Å²) in [4.78, 5) is 12.7. The van der Waals surface area contributed by atoms with Crippen LogP contribution in [-0.2, 0) is 14.3 Å². The maximum Gasteiger partial charge on any atom is 0.286 e. The van der Waals surface area contributed by atoms with E-state index in [0.29, 0.717) is 30.2 Å². The average molecular weight is 366 g/mol. The van der Waals surface area contributed by atoms with Crippen LogP contribution in [0.2, 0.25) is 0 Å². The number of hydrogen-bond acceptors (Lipinski definition) is 4. The first-order valence-electron chi connectivity index (χ1n) is 10.7. The van der Waals surface area contributed by atoms with E-state index in [9.17, 15) is 4.79 Å². The Morgan fingerprint density at radius 3 is 2.58 bits per heavy atom. The molecular formula is C21H35NO4. The van der Waals surface area contributed by atoms with Crippen LogP contribution >= 0.6 is 0 Å². The van der Waals surface area contributed by atoms with Gasteiger partial charge in [-0.05, 0) is 56.4 Å². The van der Waals surface area contributed by atoms with E-state index in [1.165, 1.54) is 44.9 Å². The third-order valence-corrected chi connectivity index (χ3v) is 6.11. The zero-order valence-corrected chi connectivity index (χ0v) is 16.0. The van der Waals surface area contributed by atoms with Crippen LogP contribution in [0.3, 0.4) is 0 Å². The van der Waals surface area contributed by atoms with Crippen molar-refractivity contribution in [3.63, 3.8) is 0 Å². The van der Waals surface area contributed by atoms with Gasteiger partial charge >= 0.3 is 0 Å². The number of aliphatic hydroxyl groups is 1. The molecule has 0 spiro atoms. The molecule has 2 saturated carbocycles. The number of rotatable bonds is 8. The largest absolute Gasteiger partial charge is 0.459 e. The summed E-state index contributed by atoms with van der Waals surface area (Å²) in [6.45, 7) is 0.759. The molecule has 0 aromatic rings. The molecule has 26 heavy (non-hydrogen) atoms. The van der Waals surface area contributed by atoms with Crippen LogP contribution in [0.1, 0.15) is 77.0 Å². The Morgan fingerprint density at radius 2 is 1.85 bits per heavy atom. The van der Waals surface area contributed by atoms with E-state index < -0.39 is 0 Å². The zero-order chi connectivity index (χ0) is 18.2. The fraction of sp³-hybridized carbons (Fsp3) is 0.857. The number of nitrogens with one attached hydrogen (secondary N) is 1. The minimum atomic E-state index is -0.338. The Morgan fingerprint density at radius 1 is 1.12 bits per heavy atom. The van der Waals surface area contributed by atoms with Crippen molar-refractivity contribution < 1.29 is 19.4 Å². The first kappa shape index (κ1) is 19.7. The summed E-state index contributed by atoms with van der Waals surface area (Å²) in [5.41, 5.74) is 0. The van der Waals surface area contributed by atoms with E-state index in [1.54, 1.807) is 0 Å². The van der Waals surface area contributed by atoms with Gasteiger partial charge in [-0.15, -0.1) is 0 Å². The molecular weight excluding hydrogens is 330 g/mol. The van der Waals surface area contributed by atoms with Gasteiger partial charge in [-0.3, -0.25) is 4.79 Å². The van der Waals surface area contributed by atoms with Crippen molar-refractivity contribution in [3.05, 3.63) is 11.8 Å². The highest BCUT2D eigenvalue weighted by Crippen LogP contribution is 2.37. The fourth-order valence-electron chi connectivity index (χ4n) is 4.59. The SMILES string of the molecule is O=C(NC1CCCC1)C1=C[C@@H](C2CCCCC2)C[C@@H](OCCCCO)O1. The Hall–Kier alpha value is -1.07. The lowest BCUT2D eigenvalue weighted by atomic mass is 9.77. The molecule has 5 nitrogen and oxygen atoms in total. The molecule has 0 saturated heterocycles. The second kappa shape index (κ2) is 10.3. The predicted octanol–water partition coefficient (Wildman–Crippen LogP) is 3.66. The van der Waals surface area contributed by atoms with Gasteiger partial charge in [-0.1, -0.05) is 32.1 Å². The summed E-state index contributed by atoms with van der Waals surface area (Å²) >= 11 is 0. The van der Waals surface area contributed by atoms with Crippen molar-refractivity contribution in [2.45, 2.75) is 89.4 Å². The minimum absolute atomic E-state index is 0.0682. The van der Waals surface area contributed by atoms with Crippen LogP contribution in [0.15, 0.2) is 11.8 Å². The molecule has 1 aliphatic heterocycles. The van der Waals surface area contributed by atoms with Crippen LogP contribution in [0.4, 0.5) is 0 Å². The Balaban J connectivity index is 1.61. The number of amides is 1. The number of aliphatic hydroxyl groups excluding tert-OH is 1. The van der Waals surface area contributed by atoms with Crippen LogP contribution < -0.4 is 5.32 Å². The number of carbonyl (C=O) groups is 1. The lowest BCUT2D eigenvalue weighted by molar-refractivity contribution is -0.152. The van der Waals surface area contributed by atoms with Crippen LogP contribution in [0.25, 0.3) is 0 Å². The van der Waals surface area contributed by atoms with Gasteiger partial charge in [0.15, 0.2) is 5.76 Å². The molecule has 2 fully saturated rings. The number of hydrogen-bond donors (Lipinski definition) is 2. The number of ether oxygens (including phenoxy) is 2. The van der Waals surface area contributed by atoms with Gasteiger partial charge in [0.05, 0.1) is 6.61 Å². The molecule has 0 unspecified atom stereocenters. The van der Waals surface area contributed by atoms with Gasteiger partial charge in [0.2, 0.25) is 6.29 Å². The molecule has 2 atom stereocenters. The monoisotopic (exact) mass is 365 g/mol. The lowest BCUT2D eigenvalue weighted by Gasteiger charge is -2.35. The van der Waals surface area contributed by atoms with Crippen LogP contribution in [-0.4, -0.2) is 36.6 Å². The first-order valence-corrected chi connectivity index (χ1v) is 10.7. The summed E-state index contributed by atoms with van der Waals surface area (Å²) < 4.78 is 11.8. The molecule has 148 valence electrons. The van der Waals surface area contributed by atoms with Gasteiger partial charge in [-0.25, -0.2) is 0 Å². The predicted molar refractivity (Wildman–Crippen MR) is 100 cm³/mol. The Labute approximate surface area is 157 Å². The molecule has 0 bridgehead atoms. The van der Waals surface area contributed by atoms with E-state index in [-0.39, 0.29) is 18.8 Å². The number of allylic oxidation sites excluding steroid dienone is 1. The van der Waals surface area contributed by atoms with Crippen molar-refractivity contribution in [1.82, 2.24) is 5.32 Å². The highest BCUT2D eigenvalue weighted by molar-refractivity contribution is 5.91. The van der Waals surface area contributed by atoms with E-state index in [4.69, 9.17) is 14.6 Å². The second-order valence-electron chi connectivity index (χ2n) is 8.13. The Bertz CT molecular complexity index is 467. The highest BCUT2D eigenvalue weighted by atomic mass is 16.7. The van der Waals surface area contributed by atoms with Gasteiger partial charge < -0.3 is 19.9 Å². The van der Waals surface area contributed by atoms with Gasteiger partial charge in [0, 0.05) is 19.1 Å². The van der Waals surface area contributed by atoms with Gasteiger partial charge in [0.1, 0.15) is 0 Å². The zero-order valence-electron chi connectivity index (χ0n) is 16.0. The molecule has 1 heterocycles. The fourth-order valence-corrected chi connectivity index (χ4v) is 4.59. The van der Waals surface area contributed by atoms with E-state index in [1.807, 2.05) is 0 Å². The summed E-state index contributed by atoms with van der Waals surface area (Å²) in [5, 5.41) is 12.1. The molecule has 3 aliphatic rings. The molecule has 2 aliphatic carbocycles. The van der Waals surface area contributed by atoms with Crippen molar-refractivity contribution in [2.24, 2.45) is 11.8 Å². The lowest BCUT2D eigenvalue weighted by Crippen LogP contribution is -2.38. The van der Waals surface area contributed by atoms with E-state index >= 15 is 0 Å². The molecule has 1 amide bonds. The summed E-state index contributed by atoms with van der Waals surface area (Å²) in [7, 11) is 0. The maximum atomic E-state index is 12.7. The third kappa shape index (κ3) is 5.71. The third-order valence-electron chi connectivity index (χ3n) is 6.11. The van der Waals surface area contributed by atoms with Crippen LogP contribution in [0.5, 0.6) is 0 Å². The highest BCUT2D eigenvalue weighted by Gasteiger charge is 2.33.